The molecule has 0 aromatic rings. The largest absolute Gasteiger partial charge is 0.396 e. The summed E-state index contributed by atoms with van der Waals surface area (Å²) in [6.45, 7) is 9.44. The van der Waals surface area contributed by atoms with E-state index in [2.05, 4.69) is 27.7 Å². The summed E-state index contributed by atoms with van der Waals surface area (Å²) in [5.41, 5.74) is 0. The van der Waals surface area contributed by atoms with Gasteiger partial charge in [-0.1, -0.05) is 40.5 Å². The Morgan fingerprint density at radius 1 is 0.667 bits per heavy atom. The van der Waals surface area contributed by atoms with Crippen molar-refractivity contribution in [3.05, 3.63) is 0 Å². The van der Waals surface area contributed by atoms with E-state index in [0.29, 0.717) is 13.2 Å². The Morgan fingerprint density at radius 2 is 1.07 bits per heavy atom. The average molecular weight is 218 g/mol. The topological polar surface area (TPSA) is 40.5 Å². The van der Waals surface area contributed by atoms with E-state index in [1.807, 2.05) is 0 Å². The van der Waals surface area contributed by atoms with Gasteiger partial charge in [0, 0.05) is 13.2 Å². The van der Waals surface area contributed by atoms with E-state index < -0.39 is 0 Å². The van der Waals surface area contributed by atoms with Gasteiger partial charge in [0.15, 0.2) is 0 Å². The molecule has 2 heteroatoms. The van der Waals surface area contributed by atoms with Crippen LogP contribution in [0.1, 0.15) is 59.8 Å². The van der Waals surface area contributed by atoms with Crippen molar-refractivity contribution in [2.45, 2.75) is 59.8 Å². The van der Waals surface area contributed by atoms with Crippen LogP contribution in [0, 0.1) is 11.8 Å². The number of rotatable bonds is 7. The van der Waals surface area contributed by atoms with Crippen LogP contribution in [0.5, 0.6) is 0 Å². The number of hydrogen-bond acceptors (Lipinski definition) is 2. The van der Waals surface area contributed by atoms with Gasteiger partial charge in [0.1, 0.15) is 0 Å². The number of unbranched alkanes of at least 4 members (excludes halogenated alkanes) is 1. The van der Waals surface area contributed by atoms with Crippen LogP contribution >= 0.6 is 0 Å². The number of hydrogen-bond donors (Lipinski definition) is 2. The molecule has 2 N–H and O–H groups in total. The standard InChI is InChI=1S/C7H16O.C6H14O/c1-7(2)5-3-4-6-8;1-6(2)4-3-5-7/h7-8H,3-6H2,1-2H3;6-7H,3-5H2,1-2H3. The Balaban J connectivity index is 0. The average Bonchev–Trinajstić information content (AvgIpc) is 2.15. The third kappa shape index (κ3) is 24.9. The molecule has 0 rings (SSSR count). The fourth-order valence-corrected chi connectivity index (χ4v) is 1.16. The zero-order valence-corrected chi connectivity index (χ0v) is 11.0. The highest BCUT2D eigenvalue weighted by atomic mass is 16.3. The first kappa shape index (κ1) is 17.3. The van der Waals surface area contributed by atoms with E-state index in [1.165, 1.54) is 12.8 Å². The minimum absolute atomic E-state index is 0.345. The fraction of sp³-hybridized carbons (Fsp3) is 1.00. The normalized spacial score (nSPS) is 10.4. The van der Waals surface area contributed by atoms with Crippen molar-refractivity contribution in [3.63, 3.8) is 0 Å². The van der Waals surface area contributed by atoms with Gasteiger partial charge in [0.25, 0.3) is 0 Å². The van der Waals surface area contributed by atoms with Crippen LogP contribution < -0.4 is 0 Å². The predicted octanol–water partition coefficient (Wildman–Crippen LogP) is 3.22. The molecule has 0 saturated carbocycles. The van der Waals surface area contributed by atoms with E-state index >= 15 is 0 Å². The molecule has 0 amide bonds. The molecule has 0 aliphatic carbocycles. The Kier molecular flexibility index (Phi) is 16.1. The minimum Gasteiger partial charge on any atom is -0.396 e. The van der Waals surface area contributed by atoms with E-state index in [0.717, 1.165) is 31.1 Å². The molecule has 0 radical (unpaired) electrons. The molecular weight excluding hydrogens is 188 g/mol. The van der Waals surface area contributed by atoms with Crippen molar-refractivity contribution in [1.82, 2.24) is 0 Å². The molecule has 0 spiro atoms. The lowest BCUT2D eigenvalue weighted by Crippen LogP contribution is -1.89. The summed E-state index contributed by atoms with van der Waals surface area (Å²) < 4.78 is 0. The van der Waals surface area contributed by atoms with Gasteiger partial charge >= 0.3 is 0 Å². The molecule has 0 saturated heterocycles. The molecule has 0 aliphatic rings. The van der Waals surface area contributed by atoms with Crippen molar-refractivity contribution in [3.8, 4) is 0 Å². The monoisotopic (exact) mass is 218 g/mol. The van der Waals surface area contributed by atoms with Crippen molar-refractivity contribution in [1.29, 1.82) is 0 Å². The van der Waals surface area contributed by atoms with Crippen LogP contribution in [0.15, 0.2) is 0 Å². The summed E-state index contributed by atoms with van der Waals surface area (Å²) in [5, 5.41) is 16.7. The fourth-order valence-electron chi connectivity index (χ4n) is 1.16. The molecule has 94 valence electrons. The first-order valence-electron chi connectivity index (χ1n) is 6.26. The van der Waals surface area contributed by atoms with Gasteiger partial charge in [-0.05, 0) is 31.1 Å². The second-order valence-electron chi connectivity index (χ2n) is 4.87. The summed E-state index contributed by atoms with van der Waals surface area (Å²) in [5.74, 6) is 1.54. The summed E-state index contributed by atoms with van der Waals surface area (Å²) in [7, 11) is 0. The molecule has 0 unspecified atom stereocenters. The molecule has 0 atom stereocenters. The first-order chi connectivity index (χ1) is 7.04. The van der Waals surface area contributed by atoms with Gasteiger partial charge in [-0.25, -0.2) is 0 Å². The molecule has 0 fully saturated rings. The lowest BCUT2D eigenvalue weighted by Gasteiger charge is -2.00. The van der Waals surface area contributed by atoms with Crippen molar-refractivity contribution in [2.75, 3.05) is 13.2 Å². The SMILES string of the molecule is CC(C)CCCCO.CC(C)CCCO. The quantitative estimate of drug-likeness (QED) is 0.644. The van der Waals surface area contributed by atoms with Crippen molar-refractivity contribution in [2.24, 2.45) is 11.8 Å². The van der Waals surface area contributed by atoms with E-state index in [9.17, 15) is 0 Å². The Hall–Kier alpha value is -0.0800. The molecule has 0 bridgehead atoms. The maximum absolute atomic E-state index is 8.38. The van der Waals surface area contributed by atoms with Crippen LogP contribution in [0.2, 0.25) is 0 Å². The third-order valence-electron chi connectivity index (χ3n) is 2.13. The second-order valence-corrected chi connectivity index (χ2v) is 4.87. The lowest BCUT2D eigenvalue weighted by molar-refractivity contribution is 0.276. The highest BCUT2D eigenvalue weighted by molar-refractivity contribution is 4.44. The number of aliphatic hydroxyl groups excluding tert-OH is 2. The summed E-state index contributed by atoms with van der Waals surface area (Å²) in [6, 6.07) is 0. The molecule has 0 aromatic carbocycles. The molecule has 0 heterocycles. The predicted molar refractivity (Wildman–Crippen MR) is 66.9 cm³/mol. The highest BCUT2D eigenvalue weighted by Gasteiger charge is 1.91. The smallest absolute Gasteiger partial charge is 0.0431 e. The molecule has 15 heavy (non-hydrogen) atoms. The van der Waals surface area contributed by atoms with E-state index in [-0.39, 0.29) is 0 Å². The van der Waals surface area contributed by atoms with Crippen LogP contribution in [0.3, 0.4) is 0 Å². The van der Waals surface area contributed by atoms with Gasteiger partial charge in [-0.2, -0.15) is 0 Å². The molecule has 2 nitrogen and oxygen atoms in total. The lowest BCUT2D eigenvalue weighted by atomic mass is 10.1. The second kappa shape index (κ2) is 13.9. The van der Waals surface area contributed by atoms with Crippen LogP contribution in [0.25, 0.3) is 0 Å². The first-order valence-corrected chi connectivity index (χ1v) is 6.26. The Bertz CT molecular complexity index is 101. The highest BCUT2D eigenvalue weighted by Crippen LogP contribution is 2.04. The molecule has 0 aromatic heterocycles. The van der Waals surface area contributed by atoms with Gasteiger partial charge in [0.05, 0.1) is 0 Å². The van der Waals surface area contributed by atoms with Crippen LogP contribution in [-0.4, -0.2) is 23.4 Å². The van der Waals surface area contributed by atoms with Gasteiger partial charge < -0.3 is 10.2 Å². The number of aliphatic hydroxyl groups is 2. The summed E-state index contributed by atoms with van der Waals surface area (Å²) >= 11 is 0. The summed E-state index contributed by atoms with van der Waals surface area (Å²) in [4.78, 5) is 0. The Labute approximate surface area is 95.7 Å². The molecular formula is C13H30O2. The maximum Gasteiger partial charge on any atom is 0.0431 e. The Morgan fingerprint density at radius 3 is 1.33 bits per heavy atom. The minimum atomic E-state index is 0.345. The van der Waals surface area contributed by atoms with E-state index in [4.69, 9.17) is 10.2 Å². The maximum atomic E-state index is 8.38. The zero-order valence-electron chi connectivity index (χ0n) is 11.0. The van der Waals surface area contributed by atoms with Crippen molar-refractivity contribution >= 4 is 0 Å². The third-order valence-corrected chi connectivity index (χ3v) is 2.13. The van der Waals surface area contributed by atoms with Crippen LogP contribution in [0.4, 0.5) is 0 Å². The van der Waals surface area contributed by atoms with Gasteiger partial charge in [-0.3, -0.25) is 0 Å². The summed E-state index contributed by atoms with van der Waals surface area (Å²) in [6.07, 6.45) is 5.50. The van der Waals surface area contributed by atoms with Crippen molar-refractivity contribution < 1.29 is 10.2 Å². The van der Waals surface area contributed by atoms with Crippen LogP contribution in [-0.2, 0) is 0 Å². The van der Waals surface area contributed by atoms with E-state index in [1.54, 1.807) is 0 Å². The van der Waals surface area contributed by atoms with Gasteiger partial charge in [0.2, 0.25) is 0 Å². The molecule has 0 aliphatic heterocycles. The zero-order chi connectivity index (χ0) is 12.1. The van der Waals surface area contributed by atoms with Gasteiger partial charge in [-0.15, -0.1) is 0 Å².